The van der Waals surface area contributed by atoms with E-state index in [1.165, 1.54) is 4.90 Å². The summed E-state index contributed by atoms with van der Waals surface area (Å²) in [7, 11) is -3.35. The fraction of sp³-hybridized carbons (Fsp3) is 0.500. The molecule has 1 amide bonds. The van der Waals surface area contributed by atoms with E-state index in [4.69, 9.17) is 10.3 Å². The molecule has 2 aromatic rings. The number of carboxylic acids is 1. The summed E-state index contributed by atoms with van der Waals surface area (Å²) < 4.78 is 5.89. The Kier molecular flexibility index (Phi) is 9.25. The molecule has 2 aromatic carbocycles. The van der Waals surface area contributed by atoms with E-state index in [1.807, 2.05) is 81.4 Å². The SMILES string of the molecule is CC[C@@H](CC(C)(C)[Si](O)(c1ccccc1)c1ccccc1)[C@@]1(C)OC(=O)N(CCCCN=[N+]=[N-])[C@@H]1C(=O)O. The topological polar surface area (TPSA) is 136 Å². The summed E-state index contributed by atoms with van der Waals surface area (Å²) >= 11 is 0. The molecule has 3 atom stereocenters. The maximum Gasteiger partial charge on any atom is 0.411 e. The van der Waals surface area contributed by atoms with Gasteiger partial charge in [-0.25, -0.2) is 9.59 Å². The van der Waals surface area contributed by atoms with Gasteiger partial charge in [0.1, 0.15) is 5.60 Å². The van der Waals surface area contributed by atoms with E-state index in [9.17, 15) is 19.5 Å². The Hall–Kier alpha value is -3.33. The molecular formula is C28H38N4O5Si. The first-order valence-electron chi connectivity index (χ1n) is 13.1. The quantitative estimate of drug-likeness (QED) is 0.125. The number of benzene rings is 2. The normalized spacial score (nSPS) is 20.5. The Bertz CT molecular complexity index is 1120. The van der Waals surface area contributed by atoms with Crippen molar-refractivity contribution in [3.8, 4) is 0 Å². The molecule has 204 valence electrons. The van der Waals surface area contributed by atoms with Gasteiger partial charge in [0.2, 0.25) is 0 Å². The van der Waals surface area contributed by atoms with Gasteiger partial charge in [-0.05, 0) is 53.5 Å². The fourth-order valence-corrected chi connectivity index (χ4v) is 9.74. The molecule has 1 fully saturated rings. The van der Waals surface area contributed by atoms with Crippen molar-refractivity contribution in [2.45, 2.75) is 70.1 Å². The van der Waals surface area contributed by atoms with E-state index < -0.39 is 37.1 Å². The largest absolute Gasteiger partial charge is 0.480 e. The standard InChI is InChI=1S/C28H38N4O5Si/c1-5-21(28(4)24(25(33)34)32(26(35)37-28)19-13-12-18-30-31-29)20-27(2,3)38(36,22-14-8-6-9-15-22)23-16-10-7-11-17-23/h6-11,14-17,21,24,36H,5,12-13,18-20H2,1-4H3,(H,33,34)/t21-,24+,28+/m0/s1. The molecule has 0 radical (unpaired) electrons. The maximum atomic E-state index is 13.0. The van der Waals surface area contributed by atoms with Crippen LogP contribution < -0.4 is 10.4 Å². The number of azide groups is 1. The molecule has 0 bridgehead atoms. The summed E-state index contributed by atoms with van der Waals surface area (Å²) in [4.78, 5) is 42.1. The number of carbonyl (C=O) groups is 2. The summed E-state index contributed by atoms with van der Waals surface area (Å²) in [5.41, 5.74) is 7.18. The predicted octanol–water partition coefficient (Wildman–Crippen LogP) is 4.69. The number of hydrogen-bond donors (Lipinski definition) is 2. The minimum atomic E-state index is -3.35. The summed E-state index contributed by atoms with van der Waals surface area (Å²) in [5, 5.41) is 14.9. The van der Waals surface area contributed by atoms with Crippen LogP contribution in [0.2, 0.25) is 5.04 Å². The number of ether oxygens (including phenoxy) is 1. The Morgan fingerprint density at radius 1 is 1.16 bits per heavy atom. The molecule has 3 rings (SSSR count). The van der Waals surface area contributed by atoms with Gasteiger partial charge in [-0.15, -0.1) is 0 Å². The van der Waals surface area contributed by atoms with Crippen molar-refractivity contribution in [1.29, 1.82) is 0 Å². The molecule has 0 aliphatic carbocycles. The number of carboxylic acid groups (broad SMARTS) is 1. The van der Waals surface area contributed by atoms with Crippen LogP contribution in [0.1, 0.15) is 53.4 Å². The van der Waals surface area contributed by atoms with Crippen molar-refractivity contribution in [3.63, 3.8) is 0 Å². The average Bonchev–Trinajstić information content (AvgIpc) is 3.17. The molecular weight excluding hydrogens is 500 g/mol. The second-order valence-electron chi connectivity index (χ2n) is 10.8. The van der Waals surface area contributed by atoms with Crippen molar-refractivity contribution >= 4 is 30.8 Å². The van der Waals surface area contributed by atoms with Crippen LogP contribution in [0, 0.1) is 5.92 Å². The van der Waals surface area contributed by atoms with Gasteiger partial charge >= 0.3 is 12.1 Å². The molecule has 0 unspecified atom stereocenters. The fourth-order valence-electron chi connectivity index (χ4n) is 5.96. The van der Waals surface area contributed by atoms with Gasteiger partial charge in [0.05, 0.1) is 0 Å². The molecule has 9 nitrogen and oxygen atoms in total. The summed E-state index contributed by atoms with van der Waals surface area (Å²) in [5.74, 6) is -1.45. The van der Waals surface area contributed by atoms with Crippen LogP contribution in [-0.4, -0.2) is 59.9 Å². The highest BCUT2D eigenvalue weighted by Gasteiger charge is 2.60. The number of rotatable bonds is 13. The molecule has 0 saturated carbocycles. The van der Waals surface area contributed by atoms with Crippen molar-refractivity contribution in [2.24, 2.45) is 11.0 Å². The first kappa shape index (κ1) is 29.2. The van der Waals surface area contributed by atoms with Gasteiger partial charge in [0, 0.05) is 23.9 Å². The predicted molar refractivity (Wildman–Crippen MR) is 149 cm³/mol. The van der Waals surface area contributed by atoms with Crippen LogP contribution in [0.3, 0.4) is 0 Å². The first-order chi connectivity index (χ1) is 18.0. The average molecular weight is 539 g/mol. The van der Waals surface area contributed by atoms with Gasteiger partial charge < -0.3 is 14.6 Å². The minimum Gasteiger partial charge on any atom is -0.480 e. The van der Waals surface area contributed by atoms with Crippen molar-refractivity contribution < 1.29 is 24.2 Å². The highest BCUT2D eigenvalue weighted by Crippen LogP contribution is 2.48. The lowest BCUT2D eigenvalue weighted by Crippen LogP contribution is -2.66. The Labute approximate surface area is 225 Å². The van der Waals surface area contributed by atoms with Gasteiger partial charge in [0.15, 0.2) is 6.04 Å². The van der Waals surface area contributed by atoms with Crippen LogP contribution in [0.25, 0.3) is 10.4 Å². The van der Waals surface area contributed by atoms with E-state index >= 15 is 0 Å². The van der Waals surface area contributed by atoms with Crippen molar-refractivity contribution in [3.05, 3.63) is 71.1 Å². The van der Waals surface area contributed by atoms with Gasteiger partial charge in [-0.2, -0.15) is 0 Å². The molecule has 1 saturated heterocycles. The zero-order chi connectivity index (χ0) is 28.0. The number of aliphatic carboxylic acids is 1. The van der Waals surface area contributed by atoms with Gasteiger partial charge in [0.25, 0.3) is 8.32 Å². The first-order valence-corrected chi connectivity index (χ1v) is 15.0. The molecule has 0 spiro atoms. The van der Waals surface area contributed by atoms with Gasteiger partial charge in [-0.3, -0.25) is 4.90 Å². The molecule has 1 heterocycles. The lowest BCUT2D eigenvalue weighted by molar-refractivity contribution is -0.148. The van der Waals surface area contributed by atoms with Gasteiger partial charge in [-0.1, -0.05) is 86.5 Å². The monoisotopic (exact) mass is 538 g/mol. The van der Waals surface area contributed by atoms with Crippen LogP contribution in [0.15, 0.2) is 65.8 Å². The van der Waals surface area contributed by atoms with E-state index in [0.29, 0.717) is 25.7 Å². The van der Waals surface area contributed by atoms with Crippen LogP contribution >= 0.6 is 0 Å². The smallest absolute Gasteiger partial charge is 0.411 e. The van der Waals surface area contributed by atoms with Crippen LogP contribution in [-0.2, 0) is 9.53 Å². The summed E-state index contributed by atoms with van der Waals surface area (Å²) in [6.07, 6.45) is 1.39. The molecule has 0 aromatic heterocycles. The van der Waals surface area contributed by atoms with E-state index in [0.717, 1.165) is 10.4 Å². The van der Waals surface area contributed by atoms with Crippen LogP contribution in [0.4, 0.5) is 4.79 Å². The number of amides is 1. The molecule has 38 heavy (non-hydrogen) atoms. The third-order valence-corrected chi connectivity index (χ3v) is 12.5. The zero-order valence-corrected chi connectivity index (χ0v) is 23.6. The highest BCUT2D eigenvalue weighted by molar-refractivity contribution is 6.98. The summed E-state index contributed by atoms with van der Waals surface area (Å²) in [6.45, 7) is 8.21. The van der Waals surface area contributed by atoms with E-state index in [2.05, 4.69) is 10.0 Å². The van der Waals surface area contributed by atoms with Crippen molar-refractivity contribution in [2.75, 3.05) is 13.1 Å². The molecule has 10 heteroatoms. The van der Waals surface area contributed by atoms with E-state index in [-0.39, 0.29) is 19.0 Å². The number of cyclic esters (lactones) is 1. The lowest BCUT2D eigenvalue weighted by atomic mass is 9.76. The van der Waals surface area contributed by atoms with Crippen LogP contribution in [0.5, 0.6) is 0 Å². The van der Waals surface area contributed by atoms with Crippen molar-refractivity contribution in [1.82, 2.24) is 4.90 Å². The molecule has 2 N–H and O–H groups in total. The molecule has 1 aliphatic rings. The third kappa shape index (κ3) is 5.57. The Morgan fingerprint density at radius 2 is 1.71 bits per heavy atom. The zero-order valence-electron chi connectivity index (χ0n) is 22.6. The Balaban J connectivity index is 1.97. The highest BCUT2D eigenvalue weighted by atomic mass is 28.4. The Morgan fingerprint density at radius 3 is 2.18 bits per heavy atom. The number of carbonyl (C=O) groups excluding carboxylic acids is 1. The third-order valence-electron chi connectivity index (χ3n) is 8.02. The lowest BCUT2D eigenvalue weighted by Gasteiger charge is -2.46. The number of hydrogen-bond acceptors (Lipinski definition) is 5. The molecule has 1 aliphatic heterocycles. The second kappa shape index (κ2) is 12.0. The maximum absolute atomic E-state index is 13.0. The number of unbranched alkanes of at least 4 members (excludes halogenated alkanes) is 1. The van der Waals surface area contributed by atoms with E-state index in [1.54, 1.807) is 6.92 Å². The summed E-state index contributed by atoms with van der Waals surface area (Å²) in [6, 6.07) is 18.2. The second-order valence-corrected chi connectivity index (χ2v) is 14.7. The number of nitrogens with zero attached hydrogens (tertiary/aromatic N) is 4. The minimum absolute atomic E-state index is 0.193.